The first-order chi connectivity index (χ1) is 16.8. The van der Waals surface area contributed by atoms with Gasteiger partial charge in [0.2, 0.25) is 0 Å². The molecule has 200 valence electrons. The highest BCUT2D eigenvalue weighted by molar-refractivity contribution is 9.08. The van der Waals surface area contributed by atoms with Crippen LogP contribution in [0.15, 0.2) is 0 Å². The Morgan fingerprint density at radius 2 is 1.40 bits per heavy atom. The summed E-state index contributed by atoms with van der Waals surface area (Å²) in [6, 6.07) is 0. The maximum atomic E-state index is 11.7. The SMILES string of the molecule is CCCCCCCCCCCCCCCCC1(C)CCc2c(CBr)c(OC(C)=O)c(C)c(C)c2O1. The van der Waals surface area contributed by atoms with Crippen molar-refractivity contribution in [3.05, 3.63) is 22.3 Å². The molecule has 1 aliphatic heterocycles. The number of unbranched alkanes of at least 4 members (excludes halogenated alkanes) is 13. The topological polar surface area (TPSA) is 35.5 Å². The molecule has 0 spiro atoms. The van der Waals surface area contributed by atoms with E-state index in [9.17, 15) is 4.79 Å². The molecule has 0 fully saturated rings. The zero-order valence-corrected chi connectivity index (χ0v) is 24.9. The van der Waals surface area contributed by atoms with Crippen molar-refractivity contribution >= 4 is 21.9 Å². The molecular weight excluding hydrogens is 500 g/mol. The second-order valence-electron chi connectivity index (χ2n) is 11.0. The Kier molecular flexibility index (Phi) is 13.8. The van der Waals surface area contributed by atoms with Gasteiger partial charge in [0.15, 0.2) is 0 Å². The van der Waals surface area contributed by atoms with Gasteiger partial charge in [-0.3, -0.25) is 4.79 Å². The molecule has 0 aromatic heterocycles. The Hall–Kier alpha value is -1.03. The lowest BCUT2D eigenvalue weighted by molar-refractivity contribution is -0.132. The number of alkyl halides is 1. The Morgan fingerprint density at radius 1 is 0.886 bits per heavy atom. The molecule has 0 aliphatic carbocycles. The van der Waals surface area contributed by atoms with E-state index < -0.39 is 0 Å². The molecule has 1 heterocycles. The normalized spacial score (nSPS) is 17.2. The molecular formula is C31H51BrO3. The number of hydrogen-bond donors (Lipinski definition) is 0. The average Bonchev–Trinajstić information content (AvgIpc) is 2.83. The van der Waals surface area contributed by atoms with Crippen LogP contribution < -0.4 is 9.47 Å². The van der Waals surface area contributed by atoms with Crippen molar-refractivity contribution in [2.75, 3.05) is 0 Å². The van der Waals surface area contributed by atoms with Gasteiger partial charge in [-0.1, -0.05) is 106 Å². The number of fused-ring (bicyclic) bond motifs is 1. The highest BCUT2D eigenvalue weighted by Crippen LogP contribution is 2.46. The summed E-state index contributed by atoms with van der Waals surface area (Å²) in [5.41, 5.74) is 4.28. The van der Waals surface area contributed by atoms with Gasteiger partial charge >= 0.3 is 5.97 Å². The van der Waals surface area contributed by atoms with Crippen LogP contribution in [0.4, 0.5) is 0 Å². The molecule has 1 unspecified atom stereocenters. The van der Waals surface area contributed by atoms with Gasteiger partial charge in [-0.2, -0.15) is 0 Å². The quantitative estimate of drug-likeness (QED) is 0.0836. The first-order valence-corrected chi connectivity index (χ1v) is 15.5. The largest absolute Gasteiger partial charge is 0.487 e. The highest BCUT2D eigenvalue weighted by atomic mass is 79.9. The molecule has 1 aromatic carbocycles. The van der Waals surface area contributed by atoms with E-state index in [0.717, 1.165) is 41.7 Å². The van der Waals surface area contributed by atoms with E-state index in [0.29, 0.717) is 11.1 Å². The lowest BCUT2D eigenvalue weighted by Crippen LogP contribution is -2.37. The Bertz CT molecular complexity index is 788. The molecule has 0 saturated heterocycles. The summed E-state index contributed by atoms with van der Waals surface area (Å²) in [7, 11) is 0. The minimum Gasteiger partial charge on any atom is -0.487 e. The number of esters is 1. The lowest BCUT2D eigenvalue weighted by Gasteiger charge is -2.38. The average molecular weight is 552 g/mol. The van der Waals surface area contributed by atoms with Gasteiger partial charge in [-0.15, -0.1) is 0 Å². The maximum absolute atomic E-state index is 11.7. The number of benzene rings is 1. The number of rotatable bonds is 17. The van der Waals surface area contributed by atoms with Crippen LogP contribution in [0, 0.1) is 13.8 Å². The minimum atomic E-state index is -0.269. The molecule has 35 heavy (non-hydrogen) atoms. The van der Waals surface area contributed by atoms with Gasteiger partial charge in [0.05, 0.1) is 0 Å². The molecule has 4 heteroatoms. The molecule has 0 saturated carbocycles. The van der Waals surface area contributed by atoms with E-state index in [2.05, 4.69) is 36.7 Å². The first kappa shape index (κ1) is 30.2. The summed E-state index contributed by atoms with van der Waals surface area (Å²) >= 11 is 3.62. The van der Waals surface area contributed by atoms with Crippen LogP contribution in [0.3, 0.4) is 0 Å². The van der Waals surface area contributed by atoms with Crippen LogP contribution in [0.1, 0.15) is 146 Å². The molecule has 0 bridgehead atoms. The molecule has 1 atom stereocenters. The van der Waals surface area contributed by atoms with Crippen molar-refractivity contribution < 1.29 is 14.3 Å². The predicted molar refractivity (Wildman–Crippen MR) is 152 cm³/mol. The molecule has 3 nitrogen and oxygen atoms in total. The van der Waals surface area contributed by atoms with Gasteiger partial charge in [0.25, 0.3) is 0 Å². The zero-order valence-electron chi connectivity index (χ0n) is 23.3. The van der Waals surface area contributed by atoms with E-state index in [1.165, 1.54) is 102 Å². The summed E-state index contributed by atoms with van der Waals surface area (Å²) in [6.07, 6.45) is 22.5. The molecule has 0 amide bonds. The summed E-state index contributed by atoms with van der Waals surface area (Å²) in [5.74, 6) is 1.46. The van der Waals surface area contributed by atoms with Crippen LogP contribution in [-0.2, 0) is 16.5 Å². The summed E-state index contributed by atoms with van der Waals surface area (Å²) < 4.78 is 12.3. The number of carbonyl (C=O) groups excluding carboxylic acids is 1. The Labute approximate surface area is 224 Å². The molecule has 0 N–H and O–H groups in total. The third-order valence-corrected chi connectivity index (χ3v) is 8.41. The predicted octanol–water partition coefficient (Wildman–Crippen LogP) is 10.1. The number of halogens is 1. The minimum absolute atomic E-state index is 0.103. The van der Waals surface area contributed by atoms with Gasteiger partial charge in [-0.05, 0) is 57.6 Å². The fraction of sp³-hybridized carbons (Fsp3) is 0.774. The number of hydrogen-bond acceptors (Lipinski definition) is 3. The molecule has 0 radical (unpaired) electrons. The van der Waals surface area contributed by atoms with Gasteiger partial charge in [0.1, 0.15) is 17.1 Å². The van der Waals surface area contributed by atoms with Gasteiger partial charge < -0.3 is 9.47 Å². The van der Waals surface area contributed by atoms with E-state index in [1.807, 2.05) is 6.92 Å². The zero-order chi connectivity index (χ0) is 25.7. The third kappa shape index (κ3) is 9.74. The van der Waals surface area contributed by atoms with E-state index >= 15 is 0 Å². The van der Waals surface area contributed by atoms with E-state index in [1.54, 1.807) is 0 Å². The van der Waals surface area contributed by atoms with Crippen LogP contribution in [0.5, 0.6) is 11.5 Å². The Morgan fingerprint density at radius 3 is 1.89 bits per heavy atom. The number of carbonyl (C=O) groups is 1. The summed E-state index contributed by atoms with van der Waals surface area (Å²) in [6.45, 7) is 10.2. The highest BCUT2D eigenvalue weighted by Gasteiger charge is 2.35. The van der Waals surface area contributed by atoms with Crippen molar-refractivity contribution in [1.29, 1.82) is 0 Å². The van der Waals surface area contributed by atoms with Crippen molar-refractivity contribution in [2.24, 2.45) is 0 Å². The van der Waals surface area contributed by atoms with Crippen LogP contribution in [0.25, 0.3) is 0 Å². The third-order valence-electron chi connectivity index (χ3n) is 7.85. The van der Waals surface area contributed by atoms with Crippen LogP contribution in [0.2, 0.25) is 0 Å². The smallest absolute Gasteiger partial charge is 0.308 e. The Balaban J connectivity index is 1.70. The molecule has 1 aliphatic rings. The lowest BCUT2D eigenvalue weighted by atomic mass is 9.84. The van der Waals surface area contributed by atoms with E-state index in [-0.39, 0.29) is 11.6 Å². The molecule has 1 aromatic rings. The standard InChI is InChI=1S/C31H51BrO3/c1-6-7-8-9-10-11-12-13-14-15-16-17-18-19-21-31(5)22-20-27-28(23-32)29(34-26(4)33)24(2)25(3)30(27)35-31/h6-23H2,1-5H3. The number of ether oxygens (including phenoxy) is 2. The second kappa shape index (κ2) is 15.9. The van der Waals surface area contributed by atoms with Crippen molar-refractivity contribution in [1.82, 2.24) is 0 Å². The van der Waals surface area contributed by atoms with E-state index in [4.69, 9.17) is 9.47 Å². The second-order valence-corrected chi connectivity index (χ2v) is 11.6. The van der Waals surface area contributed by atoms with Crippen molar-refractivity contribution in [3.8, 4) is 11.5 Å². The first-order valence-electron chi connectivity index (χ1n) is 14.4. The van der Waals surface area contributed by atoms with Crippen LogP contribution >= 0.6 is 15.9 Å². The van der Waals surface area contributed by atoms with Crippen molar-refractivity contribution in [3.63, 3.8) is 0 Å². The monoisotopic (exact) mass is 550 g/mol. The maximum Gasteiger partial charge on any atom is 0.308 e. The van der Waals surface area contributed by atoms with Gasteiger partial charge in [-0.25, -0.2) is 0 Å². The fourth-order valence-electron chi connectivity index (χ4n) is 5.45. The fourth-order valence-corrected chi connectivity index (χ4v) is 6.04. The van der Waals surface area contributed by atoms with Crippen molar-refractivity contribution in [2.45, 2.75) is 155 Å². The summed E-state index contributed by atoms with van der Waals surface area (Å²) in [4.78, 5) is 11.7. The molecule has 2 rings (SSSR count). The summed E-state index contributed by atoms with van der Waals surface area (Å²) in [5, 5.41) is 0.665. The van der Waals surface area contributed by atoms with Crippen LogP contribution in [-0.4, -0.2) is 11.6 Å². The van der Waals surface area contributed by atoms with Gasteiger partial charge in [0, 0.05) is 23.4 Å².